The third kappa shape index (κ3) is 4.89. The molecule has 12 nitrogen and oxygen atoms in total. The Labute approximate surface area is 193 Å². The Bertz CT molecular complexity index is 1240. The molecule has 1 saturated heterocycles. The van der Waals surface area contributed by atoms with Crippen LogP contribution in [0.5, 0.6) is 0 Å². The normalized spacial score (nSPS) is 13.9. The fourth-order valence-corrected chi connectivity index (χ4v) is 3.60. The Morgan fingerprint density at radius 3 is 2.32 bits per heavy atom. The van der Waals surface area contributed by atoms with Crippen molar-refractivity contribution in [2.45, 2.75) is 0 Å². The van der Waals surface area contributed by atoms with Gasteiger partial charge < -0.3 is 30.5 Å². The van der Waals surface area contributed by atoms with Gasteiger partial charge in [-0.1, -0.05) is 0 Å². The summed E-state index contributed by atoms with van der Waals surface area (Å²) in [6, 6.07) is 9.48. The number of anilines is 2. The number of piperazine rings is 1. The van der Waals surface area contributed by atoms with Crippen molar-refractivity contribution in [2.75, 3.05) is 42.9 Å². The van der Waals surface area contributed by atoms with Gasteiger partial charge in [-0.25, -0.2) is 0 Å². The number of nitrogens with zero attached hydrogens (tertiary/aromatic N) is 4. The lowest BCUT2D eigenvalue weighted by Gasteiger charge is -2.34. The number of oxazole rings is 1. The lowest BCUT2D eigenvalue weighted by Crippen LogP contribution is -2.48. The number of amides is 3. The van der Waals surface area contributed by atoms with E-state index in [0.29, 0.717) is 37.8 Å². The van der Waals surface area contributed by atoms with E-state index in [9.17, 15) is 19.6 Å². The van der Waals surface area contributed by atoms with Gasteiger partial charge >= 0.3 is 0 Å². The molecule has 0 saturated carbocycles. The summed E-state index contributed by atoms with van der Waals surface area (Å²) in [5.74, 6) is -0.795. The minimum atomic E-state index is -0.742. The molecule has 0 aliphatic carbocycles. The molecule has 5 N–H and O–H groups in total. The molecule has 12 heteroatoms. The number of furan rings is 1. The van der Waals surface area contributed by atoms with Crippen LogP contribution >= 0.6 is 0 Å². The maximum absolute atomic E-state index is 12.5. The van der Waals surface area contributed by atoms with Crippen LogP contribution in [-0.2, 0) is 4.79 Å². The Kier molecular flexibility index (Phi) is 6.28. The van der Waals surface area contributed by atoms with Crippen LogP contribution in [0.15, 0.2) is 45.4 Å². The van der Waals surface area contributed by atoms with Crippen molar-refractivity contribution in [2.24, 2.45) is 11.5 Å². The molecular formula is C22H21N7O5. The first-order valence-corrected chi connectivity index (χ1v) is 10.3. The molecule has 0 bridgehead atoms. The van der Waals surface area contributed by atoms with E-state index in [1.54, 1.807) is 12.1 Å². The molecule has 3 heterocycles. The summed E-state index contributed by atoms with van der Waals surface area (Å²) in [6.45, 7) is 2.17. The quantitative estimate of drug-likeness (QED) is 0.455. The van der Waals surface area contributed by atoms with Gasteiger partial charge in [0.15, 0.2) is 5.76 Å². The number of nitrogens with two attached hydrogens (primary N) is 2. The second-order valence-electron chi connectivity index (χ2n) is 7.60. The zero-order valence-corrected chi connectivity index (χ0v) is 18.0. The molecule has 0 radical (unpaired) electrons. The summed E-state index contributed by atoms with van der Waals surface area (Å²) < 4.78 is 11.1. The largest absolute Gasteiger partial charge is 0.459 e. The van der Waals surface area contributed by atoms with Crippen molar-refractivity contribution in [3.63, 3.8) is 0 Å². The number of carbonyl (C=O) groups is 3. The fourth-order valence-electron chi connectivity index (χ4n) is 3.60. The van der Waals surface area contributed by atoms with E-state index in [0.717, 1.165) is 0 Å². The summed E-state index contributed by atoms with van der Waals surface area (Å²) >= 11 is 0. The van der Waals surface area contributed by atoms with Crippen LogP contribution in [-0.4, -0.2) is 60.3 Å². The Morgan fingerprint density at radius 1 is 1.09 bits per heavy atom. The number of carbonyl (C=O) groups excluding carboxylic acids is 3. The van der Waals surface area contributed by atoms with Crippen LogP contribution in [0.3, 0.4) is 0 Å². The zero-order chi connectivity index (χ0) is 24.2. The number of hydrogen-bond acceptors (Lipinski definition) is 9. The molecule has 2 aromatic heterocycles. The van der Waals surface area contributed by atoms with Crippen molar-refractivity contribution < 1.29 is 23.2 Å². The van der Waals surface area contributed by atoms with Gasteiger partial charge in [0.2, 0.25) is 29.3 Å². The number of hydrogen-bond donors (Lipinski definition) is 3. The predicted molar refractivity (Wildman–Crippen MR) is 120 cm³/mol. The zero-order valence-electron chi connectivity index (χ0n) is 18.0. The van der Waals surface area contributed by atoms with Gasteiger partial charge in [0.05, 0.1) is 12.8 Å². The molecular weight excluding hydrogens is 442 g/mol. The van der Waals surface area contributed by atoms with Crippen molar-refractivity contribution in [3.8, 4) is 17.7 Å². The molecule has 34 heavy (non-hydrogen) atoms. The molecule has 4 rings (SSSR count). The van der Waals surface area contributed by atoms with Crippen molar-refractivity contribution in [3.05, 3.63) is 53.4 Å². The maximum atomic E-state index is 12.5. The lowest BCUT2D eigenvalue weighted by atomic mass is 10.1. The van der Waals surface area contributed by atoms with Crippen LogP contribution in [0.25, 0.3) is 11.7 Å². The lowest BCUT2D eigenvalue weighted by molar-refractivity contribution is -0.117. The number of nitriles is 1. The number of primary amides is 2. The van der Waals surface area contributed by atoms with Crippen LogP contribution in [0, 0.1) is 11.3 Å². The van der Waals surface area contributed by atoms with Gasteiger partial charge in [-0.15, -0.1) is 0 Å². The first-order valence-electron chi connectivity index (χ1n) is 10.3. The van der Waals surface area contributed by atoms with Gasteiger partial charge in [-0.3, -0.25) is 19.3 Å². The fraction of sp³-hybridized carbons (Fsp3) is 0.227. The Morgan fingerprint density at radius 2 is 1.76 bits per heavy atom. The van der Waals surface area contributed by atoms with E-state index in [1.807, 2.05) is 15.9 Å². The predicted octanol–water partition coefficient (Wildman–Crippen LogP) is 0.765. The monoisotopic (exact) mass is 463 g/mol. The summed E-state index contributed by atoms with van der Waals surface area (Å²) in [6.07, 6.45) is 1.49. The maximum Gasteiger partial charge on any atom is 0.266 e. The van der Waals surface area contributed by atoms with Gasteiger partial charge in [0.25, 0.3) is 5.89 Å². The highest BCUT2D eigenvalue weighted by atomic mass is 16.4. The van der Waals surface area contributed by atoms with Crippen molar-refractivity contribution >= 4 is 29.3 Å². The van der Waals surface area contributed by atoms with Gasteiger partial charge in [-0.2, -0.15) is 10.2 Å². The highest BCUT2D eigenvalue weighted by molar-refractivity contribution is 6.02. The summed E-state index contributed by atoms with van der Waals surface area (Å²) in [4.78, 5) is 43.6. The second kappa shape index (κ2) is 9.47. The topological polar surface area (TPSA) is 185 Å². The minimum Gasteiger partial charge on any atom is -0.459 e. The average molecular weight is 463 g/mol. The van der Waals surface area contributed by atoms with E-state index >= 15 is 0 Å². The summed E-state index contributed by atoms with van der Waals surface area (Å²) in [7, 11) is 0. The second-order valence-corrected chi connectivity index (χ2v) is 7.60. The van der Waals surface area contributed by atoms with E-state index in [1.165, 1.54) is 24.5 Å². The van der Waals surface area contributed by atoms with E-state index < -0.39 is 11.8 Å². The van der Waals surface area contributed by atoms with Crippen LogP contribution in [0.4, 0.5) is 11.6 Å². The summed E-state index contributed by atoms with van der Waals surface area (Å²) in [5, 5.41) is 12.1. The number of rotatable bonds is 7. The van der Waals surface area contributed by atoms with E-state index in [4.69, 9.17) is 20.3 Å². The molecule has 1 aromatic carbocycles. The number of benzene rings is 1. The molecule has 0 spiro atoms. The van der Waals surface area contributed by atoms with Crippen LogP contribution in [0.2, 0.25) is 0 Å². The molecule has 174 valence electrons. The third-order valence-electron chi connectivity index (χ3n) is 5.26. The molecule has 1 aliphatic heterocycles. The van der Waals surface area contributed by atoms with E-state index in [-0.39, 0.29) is 40.9 Å². The Balaban J connectivity index is 1.37. The van der Waals surface area contributed by atoms with Gasteiger partial charge in [-0.05, 0) is 30.3 Å². The minimum absolute atomic E-state index is 0.0643. The first kappa shape index (κ1) is 22.6. The van der Waals surface area contributed by atoms with E-state index in [2.05, 4.69) is 10.3 Å². The third-order valence-corrected chi connectivity index (χ3v) is 5.26. The Hall–Kier alpha value is -4.63. The first-order chi connectivity index (χ1) is 16.3. The van der Waals surface area contributed by atoms with Crippen LogP contribution in [0.1, 0.15) is 26.4 Å². The number of nitrogens with one attached hydrogen (secondary N) is 1. The number of aromatic nitrogens is 1. The standard InChI is InChI=1S/C22H21N7O5/c23-11-16-22(34-21(27-16)17-2-1-7-33-17)29-5-3-28(4-6-29)12-18(30)26-15-9-13(19(24)31)8-14(10-15)20(25)32/h1-2,7-10H,3-6,12H2,(H2,24,31)(H2,25,32)(H,26,30). The highest BCUT2D eigenvalue weighted by Gasteiger charge is 2.26. The SMILES string of the molecule is N#Cc1nc(-c2ccco2)oc1N1CCN(CC(=O)Nc2cc(C(N)=O)cc(C(N)=O)c2)CC1. The van der Waals surface area contributed by atoms with Crippen LogP contribution < -0.4 is 21.7 Å². The van der Waals surface area contributed by atoms with Gasteiger partial charge in [0.1, 0.15) is 6.07 Å². The van der Waals surface area contributed by atoms with Crippen molar-refractivity contribution in [1.82, 2.24) is 9.88 Å². The van der Waals surface area contributed by atoms with Crippen molar-refractivity contribution in [1.29, 1.82) is 5.26 Å². The molecule has 3 aromatic rings. The molecule has 0 atom stereocenters. The molecule has 1 fully saturated rings. The molecule has 0 unspecified atom stereocenters. The summed E-state index contributed by atoms with van der Waals surface area (Å²) in [5.41, 5.74) is 11.1. The average Bonchev–Trinajstić information content (AvgIpc) is 3.49. The molecule has 3 amide bonds. The van der Waals surface area contributed by atoms with Gasteiger partial charge in [0, 0.05) is 43.0 Å². The smallest absolute Gasteiger partial charge is 0.266 e. The highest BCUT2D eigenvalue weighted by Crippen LogP contribution is 2.29. The molecule has 1 aliphatic rings.